The molecule has 0 aliphatic rings. The number of rotatable bonds is 3. The van der Waals surface area contributed by atoms with Crippen molar-refractivity contribution in [1.29, 1.82) is 0 Å². The highest BCUT2D eigenvalue weighted by atomic mass is 16.1. The lowest BCUT2D eigenvalue weighted by Gasteiger charge is -2.16. The van der Waals surface area contributed by atoms with Gasteiger partial charge in [0.25, 0.3) is 5.91 Å². The Kier molecular flexibility index (Phi) is 3.88. The van der Waals surface area contributed by atoms with Crippen LogP contribution in [0.1, 0.15) is 21.7 Å². The summed E-state index contributed by atoms with van der Waals surface area (Å²) in [4.78, 5) is 14.3. The van der Waals surface area contributed by atoms with Crippen LogP contribution in [0.5, 0.6) is 0 Å². The van der Waals surface area contributed by atoms with E-state index in [9.17, 15) is 4.79 Å². The van der Waals surface area contributed by atoms with Crippen LogP contribution >= 0.6 is 0 Å². The summed E-state index contributed by atoms with van der Waals surface area (Å²) >= 11 is 0. The van der Waals surface area contributed by atoms with Gasteiger partial charge >= 0.3 is 0 Å². The number of anilines is 3. The van der Waals surface area contributed by atoms with Gasteiger partial charge in [0.1, 0.15) is 0 Å². The third-order valence-electron chi connectivity index (χ3n) is 3.52. The van der Waals surface area contributed by atoms with E-state index in [0.29, 0.717) is 11.3 Å². The number of nitrogens with zero attached hydrogens (tertiary/aromatic N) is 3. The Morgan fingerprint density at radius 1 is 1.33 bits per heavy atom. The van der Waals surface area contributed by atoms with Crippen LogP contribution in [-0.4, -0.2) is 29.8 Å². The molecule has 2 aromatic rings. The molecular weight excluding hydrogens is 266 g/mol. The molecular formula is C15H21N5O. The molecule has 1 heterocycles. The molecule has 112 valence electrons. The molecule has 0 spiro atoms. The summed E-state index contributed by atoms with van der Waals surface area (Å²) in [6.07, 6.45) is 0. The third kappa shape index (κ3) is 2.84. The van der Waals surface area contributed by atoms with Crippen LogP contribution in [0.2, 0.25) is 0 Å². The molecule has 2 rings (SSSR count). The predicted molar refractivity (Wildman–Crippen MR) is 85.8 cm³/mol. The van der Waals surface area contributed by atoms with Crippen LogP contribution < -0.4 is 16.0 Å². The summed E-state index contributed by atoms with van der Waals surface area (Å²) in [6, 6.07) is 5.29. The van der Waals surface area contributed by atoms with Gasteiger partial charge in [0.05, 0.1) is 28.5 Å². The first kappa shape index (κ1) is 14.9. The molecule has 6 heteroatoms. The molecule has 0 fully saturated rings. The van der Waals surface area contributed by atoms with Crippen molar-refractivity contribution in [2.45, 2.75) is 13.8 Å². The van der Waals surface area contributed by atoms with Crippen LogP contribution in [0.3, 0.4) is 0 Å². The fraction of sp³-hybridized carbons (Fsp3) is 0.333. The first-order chi connectivity index (χ1) is 9.81. The quantitative estimate of drug-likeness (QED) is 0.846. The van der Waals surface area contributed by atoms with Crippen molar-refractivity contribution < 1.29 is 4.79 Å². The largest absolute Gasteiger partial charge is 0.397 e. The zero-order chi connectivity index (χ0) is 15.7. The molecule has 0 saturated heterocycles. The topological polar surface area (TPSA) is 76.2 Å². The highest BCUT2D eigenvalue weighted by Crippen LogP contribution is 2.24. The van der Waals surface area contributed by atoms with Crippen LogP contribution in [0.4, 0.5) is 17.1 Å². The van der Waals surface area contributed by atoms with Crippen LogP contribution in [0.25, 0.3) is 0 Å². The second kappa shape index (κ2) is 5.47. The smallest absolute Gasteiger partial charge is 0.255 e. The molecule has 1 aromatic heterocycles. The highest BCUT2D eigenvalue weighted by Gasteiger charge is 2.14. The zero-order valence-corrected chi connectivity index (χ0v) is 13.1. The fourth-order valence-corrected chi connectivity index (χ4v) is 2.24. The van der Waals surface area contributed by atoms with Gasteiger partial charge in [-0.15, -0.1) is 0 Å². The standard InChI is InChI=1S/C15H21N5O/c1-9-14(10(2)20(5)18-9)17-15(21)11-6-7-13(19(3)4)12(16)8-11/h6-8H,16H2,1-5H3,(H,17,21). The number of carbonyl (C=O) groups is 1. The lowest BCUT2D eigenvalue weighted by Crippen LogP contribution is -2.15. The molecule has 6 nitrogen and oxygen atoms in total. The maximum absolute atomic E-state index is 12.3. The van der Waals surface area contributed by atoms with Gasteiger partial charge in [-0.3, -0.25) is 9.48 Å². The Morgan fingerprint density at radius 2 is 2.00 bits per heavy atom. The first-order valence-corrected chi connectivity index (χ1v) is 6.69. The number of aromatic nitrogens is 2. The first-order valence-electron chi connectivity index (χ1n) is 6.69. The van der Waals surface area contributed by atoms with Gasteiger partial charge in [-0.05, 0) is 32.0 Å². The monoisotopic (exact) mass is 287 g/mol. The fourth-order valence-electron chi connectivity index (χ4n) is 2.24. The van der Waals surface area contributed by atoms with E-state index in [-0.39, 0.29) is 5.91 Å². The summed E-state index contributed by atoms with van der Waals surface area (Å²) in [5, 5.41) is 7.18. The van der Waals surface area contributed by atoms with Crippen molar-refractivity contribution in [3.05, 3.63) is 35.2 Å². The molecule has 0 unspecified atom stereocenters. The molecule has 0 radical (unpaired) electrons. The SMILES string of the molecule is Cc1nn(C)c(C)c1NC(=O)c1ccc(N(C)C)c(N)c1. The molecule has 21 heavy (non-hydrogen) atoms. The number of hydrogen-bond donors (Lipinski definition) is 2. The number of nitrogens with one attached hydrogen (secondary N) is 1. The number of benzene rings is 1. The Labute approximate surface area is 124 Å². The van der Waals surface area contributed by atoms with E-state index >= 15 is 0 Å². The van der Waals surface area contributed by atoms with E-state index < -0.39 is 0 Å². The van der Waals surface area contributed by atoms with Crippen molar-refractivity contribution in [2.75, 3.05) is 30.0 Å². The highest BCUT2D eigenvalue weighted by molar-refractivity contribution is 6.05. The summed E-state index contributed by atoms with van der Waals surface area (Å²) in [7, 11) is 5.67. The molecule has 0 aliphatic heterocycles. The number of nitrogens with two attached hydrogens (primary N) is 1. The van der Waals surface area contributed by atoms with E-state index in [4.69, 9.17) is 5.73 Å². The van der Waals surface area contributed by atoms with E-state index in [2.05, 4.69) is 10.4 Å². The molecule has 0 saturated carbocycles. The van der Waals surface area contributed by atoms with Gasteiger partial charge < -0.3 is 16.0 Å². The Bertz CT molecular complexity index is 688. The van der Waals surface area contributed by atoms with E-state index in [1.165, 1.54) is 0 Å². The van der Waals surface area contributed by atoms with Crippen LogP contribution in [0, 0.1) is 13.8 Å². The number of amides is 1. The van der Waals surface area contributed by atoms with Crippen LogP contribution in [-0.2, 0) is 7.05 Å². The van der Waals surface area contributed by atoms with Crippen molar-refractivity contribution in [1.82, 2.24) is 9.78 Å². The second-order valence-corrected chi connectivity index (χ2v) is 5.29. The Balaban J connectivity index is 2.27. The summed E-state index contributed by atoms with van der Waals surface area (Å²) < 4.78 is 1.74. The second-order valence-electron chi connectivity index (χ2n) is 5.29. The molecule has 1 amide bonds. The predicted octanol–water partition coefficient (Wildman–Crippen LogP) is 1.94. The van der Waals surface area contributed by atoms with E-state index in [1.54, 1.807) is 16.8 Å². The summed E-state index contributed by atoms with van der Waals surface area (Å²) in [5.74, 6) is -0.189. The maximum atomic E-state index is 12.3. The molecule has 0 bridgehead atoms. The van der Waals surface area contributed by atoms with Gasteiger partial charge in [-0.2, -0.15) is 5.10 Å². The van der Waals surface area contributed by atoms with Gasteiger partial charge in [0.15, 0.2) is 0 Å². The number of carbonyl (C=O) groups excluding carboxylic acids is 1. The third-order valence-corrected chi connectivity index (χ3v) is 3.52. The Hall–Kier alpha value is -2.50. The molecule has 0 aliphatic carbocycles. The average molecular weight is 287 g/mol. The number of nitrogen functional groups attached to an aromatic ring is 1. The Morgan fingerprint density at radius 3 is 2.48 bits per heavy atom. The molecule has 0 atom stereocenters. The maximum Gasteiger partial charge on any atom is 0.255 e. The van der Waals surface area contributed by atoms with Crippen molar-refractivity contribution >= 4 is 23.0 Å². The van der Waals surface area contributed by atoms with E-state index in [0.717, 1.165) is 22.8 Å². The van der Waals surface area contributed by atoms with Gasteiger partial charge in [-0.1, -0.05) is 0 Å². The molecule has 1 aromatic carbocycles. The zero-order valence-electron chi connectivity index (χ0n) is 13.1. The average Bonchev–Trinajstić information content (AvgIpc) is 2.64. The van der Waals surface area contributed by atoms with Gasteiger partial charge in [-0.25, -0.2) is 0 Å². The number of hydrogen-bond acceptors (Lipinski definition) is 4. The number of aryl methyl sites for hydroxylation is 2. The van der Waals surface area contributed by atoms with Gasteiger partial charge in [0, 0.05) is 26.7 Å². The summed E-state index contributed by atoms with van der Waals surface area (Å²) in [5.41, 5.74) is 10.4. The molecule has 3 N–H and O–H groups in total. The lowest BCUT2D eigenvalue weighted by molar-refractivity contribution is 0.102. The van der Waals surface area contributed by atoms with Gasteiger partial charge in [0.2, 0.25) is 0 Å². The lowest BCUT2D eigenvalue weighted by atomic mass is 10.1. The minimum atomic E-state index is -0.189. The van der Waals surface area contributed by atoms with E-state index in [1.807, 2.05) is 46.0 Å². The van der Waals surface area contributed by atoms with Crippen molar-refractivity contribution in [3.63, 3.8) is 0 Å². The minimum Gasteiger partial charge on any atom is -0.397 e. The van der Waals surface area contributed by atoms with Crippen molar-refractivity contribution in [2.24, 2.45) is 7.05 Å². The summed E-state index contributed by atoms with van der Waals surface area (Å²) in [6.45, 7) is 3.78. The normalized spacial score (nSPS) is 10.5. The minimum absolute atomic E-state index is 0.189. The van der Waals surface area contributed by atoms with Crippen molar-refractivity contribution in [3.8, 4) is 0 Å². The van der Waals surface area contributed by atoms with Crippen LogP contribution in [0.15, 0.2) is 18.2 Å².